The molecule has 2 atom stereocenters. The molecular weight excluding hydrogens is 527 g/mol. The van der Waals surface area contributed by atoms with Gasteiger partial charge in [0.1, 0.15) is 30.5 Å². The lowest BCUT2D eigenvalue weighted by atomic mass is 10.1. The van der Waals surface area contributed by atoms with Crippen LogP contribution in [0.5, 0.6) is 11.5 Å². The van der Waals surface area contributed by atoms with Crippen LogP contribution in [0.4, 0.5) is 0 Å². The SMILES string of the molecule is N[C@@H](Cc1ccc(OCc2ccccc2)cc1)C(=O)NC(Cc1ccc(OCc2ccccc2)cc1)P(=O)(O)O. The number of benzene rings is 4. The topological polar surface area (TPSA) is 131 Å². The zero-order valence-electron chi connectivity index (χ0n) is 21.9. The normalized spacial score (nSPS) is 12.8. The number of nitrogens with one attached hydrogen (secondary N) is 1. The van der Waals surface area contributed by atoms with Gasteiger partial charge in [-0.3, -0.25) is 9.36 Å². The van der Waals surface area contributed by atoms with Crippen molar-refractivity contribution in [2.75, 3.05) is 0 Å². The number of carbonyl (C=O) groups excluding carboxylic acids is 1. The summed E-state index contributed by atoms with van der Waals surface area (Å²) in [5.41, 5.74) is 9.61. The molecular formula is C31H33N2O6P. The molecule has 208 valence electrons. The van der Waals surface area contributed by atoms with Gasteiger partial charge in [-0.05, 0) is 52.9 Å². The number of carbonyl (C=O) groups is 1. The van der Waals surface area contributed by atoms with Gasteiger partial charge in [0.2, 0.25) is 5.91 Å². The van der Waals surface area contributed by atoms with E-state index in [-0.39, 0.29) is 12.8 Å². The zero-order valence-corrected chi connectivity index (χ0v) is 22.8. The standard InChI is InChI=1S/C31H33N2O6P/c32-29(19-23-11-15-27(16-12-23)38-21-25-7-3-1-4-8-25)31(34)33-30(40(35,36)37)20-24-13-17-28(18-14-24)39-22-26-9-5-2-6-10-26/h1-18,29-30H,19-22,32H2,(H,33,34)(H2,35,36,37)/t29-,30?/m0/s1. The van der Waals surface area contributed by atoms with Crippen LogP contribution in [0.2, 0.25) is 0 Å². The molecule has 0 radical (unpaired) electrons. The summed E-state index contributed by atoms with van der Waals surface area (Å²) in [6.07, 6.45) is 0.140. The second-order valence-corrected chi connectivity index (χ2v) is 11.3. The summed E-state index contributed by atoms with van der Waals surface area (Å²) < 4.78 is 23.7. The van der Waals surface area contributed by atoms with Crippen LogP contribution in [0.25, 0.3) is 0 Å². The summed E-state index contributed by atoms with van der Waals surface area (Å²) in [6.45, 7) is 0.845. The van der Waals surface area contributed by atoms with Crippen LogP contribution in [-0.2, 0) is 35.4 Å². The van der Waals surface area contributed by atoms with E-state index in [1.165, 1.54) is 0 Å². The maximum atomic E-state index is 12.8. The first-order valence-corrected chi connectivity index (χ1v) is 14.6. The lowest BCUT2D eigenvalue weighted by Gasteiger charge is -2.22. The van der Waals surface area contributed by atoms with Crippen LogP contribution < -0.4 is 20.5 Å². The fraction of sp³-hybridized carbons (Fsp3) is 0.194. The summed E-state index contributed by atoms with van der Waals surface area (Å²) >= 11 is 0. The molecule has 0 saturated carbocycles. The van der Waals surface area contributed by atoms with Crippen molar-refractivity contribution in [3.8, 4) is 11.5 Å². The van der Waals surface area contributed by atoms with Crippen molar-refractivity contribution in [2.45, 2.75) is 37.9 Å². The highest BCUT2D eigenvalue weighted by Crippen LogP contribution is 2.41. The Balaban J connectivity index is 1.28. The smallest absolute Gasteiger partial charge is 0.347 e. The Morgan fingerprint density at radius 2 is 1.10 bits per heavy atom. The zero-order chi connectivity index (χ0) is 28.4. The van der Waals surface area contributed by atoms with Crippen molar-refractivity contribution >= 4 is 13.5 Å². The highest BCUT2D eigenvalue weighted by Gasteiger charge is 2.32. The van der Waals surface area contributed by atoms with Crippen LogP contribution in [0, 0.1) is 0 Å². The fourth-order valence-corrected chi connectivity index (χ4v) is 4.76. The molecule has 0 bridgehead atoms. The van der Waals surface area contributed by atoms with Gasteiger partial charge in [0.05, 0.1) is 6.04 Å². The first-order valence-electron chi connectivity index (χ1n) is 12.9. The minimum absolute atomic E-state index is 0.0604. The van der Waals surface area contributed by atoms with Crippen LogP contribution in [0.3, 0.4) is 0 Å². The first kappa shape index (κ1) is 29.1. The van der Waals surface area contributed by atoms with Crippen LogP contribution in [-0.4, -0.2) is 27.5 Å². The Kier molecular flexibility index (Phi) is 10.1. The van der Waals surface area contributed by atoms with Crippen molar-refractivity contribution in [1.29, 1.82) is 0 Å². The Bertz CT molecular complexity index is 1390. The minimum atomic E-state index is -4.66. The third kappa shape index (κ3) is 9.07. The van der Waals surface area contributed by atoms with E-state index in [9.17, 15) is 19.1 Å². The molecule has 0 aliphatic carbocycles. The number of hydrogen-bond acceptors (Lipinski definition) is 5. The van der Waals surface area contributed by atoms with Crippen molar-refractivity contribution in [1.82, 2.24) is 5.32 Å². The first-order chi connectivity index (χ1) is 19.3. The quantitative estimate of drug-likeness (QED) is 0.176. The fourth-order valence-electron chi connectivity index (χ4n) is 4.02. The molecule has 40 heavy (non-hydrogen) atoms. The summed E-state index contributed by atoms with van der Waals surface area (Å²) in [5.74, 6) is -0.733. The van der Waals surface area contributed by atoms with Gasteiger partial charge in [0.25, 0.3) is 0 Å². The van der Waals surface area contributed by atoms with E-state index in [0.717, 1.165) is 16.7 Å². The van der Waals surface area contributed by atoms with Crippen molar-refractivity contribution in [3.05, 3.63) is 131 Å². The van der Waals surface area contributed by atoms with Gasteiger partial charge in [-0.15, -0.1) is 0 Å². The van der Waals surface area contributed by atoms with Gasteiger partial charge in [0, 0.05) is 6.42 Å². The van der Waals surface area contributed by atoms with E-state index < -0.39 is 25.3 Å². The molecule has 4 rings (SSSR count). The molecule has 8 nitrogen and oxygen atoms in total. The van der Waals surface area contributed by atoms with E-state index in [1.807, 2.05) is 72.8 Å². The lowest BCUT2D eigenvalue weighted by Crippen LogP contribution is -2.47. The van der Waals surface area contributed by atoms with Crippen molar-refractivity contribution in [2.24, 2.45) is 5.73 Å². The van der Waals surface area contributed by atoms with E-state index in [0.29, 0.717) is 30.3 Å². The molecule has 0 aliphatic heterocycles. The van der Waals surface area contributed by atoms with Gasteiger partial charge < -0.3 is 30.3 Å². The molecule has 0 fully saturated rings. The van der Waals surface area contributed by atoms with E-state index in [4.69, 9.17) is 15.2 Å². The molecule has 0 aromatic heterocycles. The Labute approximate surface area is 233 Å². The Morgan fingerprint density at radius 3 is 1.52 bits per heavy atom. The highest BCUT2D eigenvalue weighted by molar-refractivity contribution is 7.52. The minimum Gasteiger partial charge on any atom is -0.489 e. The predicted molar refractivity (Wildman–Crippen MR) is 154 cm³/mol. The molecule has 0 spiro atoms. The van der Waals surface area contributed by atoms with Gasteiger partial charge in [0.15, 0.2) is 0 Å². The number of rotatable bonds is 13. The van der Waals surface area contributed by atoms with E-state index >= 15 is 0 Å². The maximum absolute atomic E-state index is 12.8. The molecule has 4 aromatic carbocycles. The van der Waals surface area contributed by atoms with Crippen LogP contribution in [0.15, 0.2) is 109 Å². The highest BCUT2D eigenvalue weighted by atomic mass is 31.2. The second-order valence-electron chi connectivity index (χ2n) is 9.46. The second kappa shape index (κ2) is 13.9. The van der Waals surface area contributed by atoms with E-state index in [2.05, 4.69) is 5.32 Å². The largest absolute Gasteiger partial charge is 0.489 e. The van der Waals surface area contributed by atoms with Crippen molar-refractivity contribution < 1.29 is 28.6 Å². The Hall–Kier alpha value is -3.94. The third-order valence-electron chi connectivity index (χ3n) is 6.28. The molecule has 0 aliphatic rings. The predicted octanol–water partition coefficient (Wildman–Crippen LogP) is 4.58. The average molecular weight is 561 g/mol. The van der Waals surface area contributed by atoms with Gasteiger partial charge in [-0.1, -0.05) is 84.9 Å². The van der Waals surface area contributed by atoms with Gasteiger partial charge in [-0.2, -0.15) is 0 Å². The molecule has 1 amide bonds. The van der Waals surface area contributed by atoms with E-state index in [1.54, 1.807) is 36.4 Å². The number of hydrogen-bond donors (Lipinski definition) is 4. The maximum Gasteiger partial charge on any atom is 0.347 e. The summed E-state index contributed by atoms with van der Waals surface area (Å²) in [5, 5.41) is 2.45. The number of nitrogens with two attached hydrogens (primary N) is 1. The van der Waals surface area contributed by atoms with Crippen LogP contribution in [0.1, 0.15) is 22.3 Å². The summed E-state index contributed by atoms with van der Waals surface area (Å²) in [4.78, 5) is 32.6. The monoisotopic (exact) mass is 560 g/mol. The average Bonchev–Trinajstić information content (AvgIpc) is 2.96. The Morgan fingerprint density at radius 1 is 0.675 bits per heavy atom. The molecule has 4 aromatic rings. The number of amides is 1. The lowest BCUT2D eigenvalue weighted by molar-refractivity contribution is -0.122. The van der Waals surface area contributed by atoms with Gasteiger partial charge >= 0.3 is 7.60 Å². The van der Waals surface area contributed by atoms with Crippen molar-refractivity contribution in [3.63, 3.8) is 0 Å². The molecule has 1 unspecified atom stereocenters. The number of ether oxygens (including phenoxy) is 2. The summed E-state index contributed by atoms with van der Waals surface area (Å²) in [7, 11) is -4.66. The van der Waals surface area contributed by atoms with Crippen LogP contribution >= 0.6 is 7.60 Å². The molecule has 0 saturated heterocycles. The molecule has 5 N–H and O–H groups in total. The van der Waals surface area contributed by atoms with Gasteiger partial charge in [-0.25, -0.2) is 0 Å². The summed E-state index contributed by atoms with van der Waals surface area (Å²) in [6, 6.07) is 32.7. The molecule has 0 heterocycles. The third-order valence-corrected chi connectivity index (χ3v) is 7.40. The molecule has 9 heteroatoms.